The van der Waals surface area contributed by atoms with Gasteiger partial charge in [0.25, 0.3) is 0 Å². The van der Waals surface area contributed by atoms with Gasteiger partial charge in [0.15, 0.2) is 0 Å². The highest BCUT2D eigenvalue weighted by Gasteiger charge is 2.42. The van der Waals surface area contributed by atoms with E-state index in [1.54, 1.807) is 0 Å². The number of aliphatic hydroxyl groups is 1. The minimum Gasteiger partial charge on any atom is -0.388 e. The van der Waals surface area contributed by atoms with Crippen LogP contribution in [0.2, 0.25) is 0 Å². The van der Waals surface area contributed by atoms with Crippen molar-refractivity contribution >= 4 is 0 Å². The molecule has 1 N–H and O–H groups in total. The zero-order chi connectivity index (χ0) is 20.1. The fourth-order valence-electron chi connectivity index (χ4n) is 4.48. The second kappa shape index (κ2) is 8.46. The Labute approximate surface area is 173 Å². The van der Waals surface area contributed by atoms with Gasteiger partial charge in [0.1, 0.15) is 0 Å². The molecular formula is C28H26O. The third kappa shape index (κ3) is 4.01. The van der Waals surface area contributed by atoms with Crippen LogP contribution in [0.4, 0.5) is 0 Å². The molecule has 0 saturated heterocycles. The summed E-state index contributed by atoms with van der Waals surface area (Å²) in [6.45, 7) is 1.97. The fourth-order valence-corrected chi connectivity index (χ4v) is 4.48. The standard InChI is InChI=1S/C28H26O/c1-28(29,26(22-14-6-2-7-15-22)23-16-8-3-9-17-23)27(24-18-10-4-11-19-24)25-20-12-5-13-21-25/h2-21,26-27,29H,1H3. The van der Waals surface area contributed by atoms with Gasteiger partial charge < -0.3 is 5.11 Å². The number of rotatable bonds is 6. The van der Waals surface area contributed by atoms with Gasteiger partial charge in [-0.1, -0.05) is 121 Å². The molecule has 4 rings (SSSR count). The Kier molecular flexibility index (Phi) is 5.59. The SMILES string of the molecule is CC(O)(C(c1ccccc1)c1ccccc1)C(c1ccccc1)c1ccccc1. The Morgan fingerprint density at radius 2 is 0.655 bits per heavy atom. The van der Waals surface area contributed by atoms with E-state index < -0.39 is 5.60 Å². The highest BCUT2D eigenvalue weighted by atomic mass is 16.3. The topological polar surface area (TPSA) is 20.2 Å². The Bertz CT molecular complexity index is 845. The van der Waals surface area contributed by atoms with Crippen LogP contribution in [0.15, 0.2) is 121 Å². The van der Waals surface area contributed by atoms with Crippen LogP contribution in [0.1, 0.15) is 41.0 Å². The predicted molar refractivity (Wildman–Crippen MR) is 120 cm³/mol. The van der Waals surface area contributed by atoms with Gasteiger partial charge in [-0.05, 0) is 29.2 Å². The molecule has 0 aliphatic heterocycles. The van der Waals surface area contributed by atoms with E-state index in [4.69, 9.17) is 0 Å². The molecule has 0 aliphatic rings. The highest BCUT2D eigenvalue weighted by molar-refractivity contribution is 5.43. The number of benzene rings is 4. The van der Waals surface area contributed by atoms with Crippen molar-refractivity contribution in [2.45, 2.75) is 24.4 Å². The summed E-state index contributed by atoms with van der Waals surface area (Å²) in [6.07, 6.45) is 0. The van der Waals surface area contributed by atoms with Crippen molar-refractivity contribution in [3.63, 3.8) is 0 Å². The summed E-state index contributed by atoms with van der Waals surface area (Å²) in [7, 11) is 0. The van der Waals surface area contributed by atoms with Crippen LogP contribution < -0.4 is 0 Å². The zero-order valence-electron chi connectivity index (χ0n) is 16.6. The van der Waals surface area contributed by atoms with Gasteiger partial charge in [-0.3, -0.25) is 0 Å². The van der Waals surface area contributed by atoms with Crippen LogP contribution in [0, 0.1) is 0 Å². The summed E-state index contributed by atoms with van der Waals surface area (Å²) < 4.78 is 0. The normalized spacial score (nSPS) is 11.7. The van der Waals surface area contributed by atoms with Crippen molar-refractivity contribution in [1.29, 1.82) is 0 Å². The van der Waals surface area contributed by atoms with Gasteiger partial charge in [0.05, 0.1) is 5.60 Å². The molecule has 29 heavy (non-hydrogen) atoms. The first-order chi connectivity index (χ1) is 14.2. The molecule has 0 bridgehead atoms. The molecule has 1 nitrogen and oxygen atoms in total. The molecule has 0 heterocycles. The lowest BCUT2D eigenvalue weighted by atomic mass is 9.67. The molecule has 1 heteroatoms. The molecule has 0 radical (unpaired) electrons. The molecule has 0 aromatic heterocycles. The third-order valence-electron chi connectivity index (χ3n) is 5.70. The number of hydrogen-bond donors (Lipinski definition) is 1. The van der Waals surface area contributed by atoms with Gasteiger partial charge in [-0.2, -0.15) is 0 Å². The minimum absolute atomic E-state index is 0.171. The van der Waals surface area contributed by atoms with E-state index in [0.717, 1.165) is 22.3 Å². The predicted octanol–water partition coefficient (Wildman–Crippen LogP) is 6.40. The summed E-state index contributed by atoms with van der Waals surface area (Å²) in [5.41, 5.74) is 3.40. The van der Waals surface area contributed by atoms with E-state index in [1.165, 1.54) is 0 Å². The van der Waals surface area contributed by atoms with E-state index >= 15 is 0 Å². The van der Waals surface area contributed by atoms with Crippen molar-refractivity contribution in [2.75, 3.05) is 0 Å². The summed E-state index contributed by atoms with van der Waals surface area (Å²) in [4.78, 5) is 0. The fraction of sp³-hybridized carbons (Fsp3) is 0.143. The lowest BCUT2D eigenvalue weighted by Gasteiger charge is -2.41. The maximum absolute atomic E-state index is 12.2. The Morgan fingerprint density at radius 1 is 0.448 bits per heavy atom. The third-order valence-corrected chi connectivity index (χ3v) is 5.70. The smallest absolute Gasteiger partial charge is 0.0836 e. The van der Waals surface area contributed by atoms with Crippen molar-refractivity contribution in [2.24, 2.45) is 0 Å². The first kappa shape index (κ1) is 19.2. The van der Waals surface area contributed by atoms with Crippen LogP contribution in [0.25, 0.3) is 0 Å². The van der Waals surface area contributed by atoms with Gasteiger partial charge in [0, 0.05) is 11.8 Å². The zero-order valence-corrected chi connectivity index (χ0v) is 16.6. The average molecular weight is 379 g/mol. The lowest BCUT2D eigenvalue weighted by Crippen LogP contribution is -2.40. The summed E-state index contributed by atoms with van der Waals surface area (Å²) in [5.74, 6) is -0.342. The molecule has 0 amide bonds. The van der Waals surface area contributed by atoms with Crippen LogP contribution in [-0.2, 0) is 0 Å². The van der Waals surface area contributed by atoms with E-state index in [1.807, 2.05) is 79.7 Å². The van der Waals surface area contributed by atoms with Crippen molar-refractivity contribution in [3.05, 3.63) is 144 Å². The number of hydrogen-bond acceptors (Lipinski definition) is 1. The molecule has 0 fully saturated rings. The molecule has 4 aromatic rings. The molecular weight excluding hydrogens is 352 g/mol. The van der Waals surface area contributed by atoms with Crippen molar-refractivity contribution < 1.29 is 5.11 Å². The molecule has 0 saturated carbocycles. The highest BCUT2D eigenvalue weighted by Crippen LogP contribution is 2.46. The van der Waals surface area contributed by atoms with Crippen LogP contribution >= 0.6 is 0 Å². The lowest BCUT2D eigenvalue weighted by molar-refractivity contribution is 0.0261. The van der Waals surface area contributed by atoms with E-state index in [0.29, 0.717) is 0 Å². The van der Waals surface area contributed by atoms with Gasteiger partial charge in [-0.15, -0.1) is 0 Å². The second-order valence-electron chi connectivity index (χ2n) is 7.73. The molecule has 0 atom stereocenters. The average Bonchev–Trinajstić information content (AvgIpc) is 2.77. The largest absolute Gasteiger partial charge is 0.388 e. The Balaban J connectivity index is 1.91. The summed E-state index contributed by atoms with van der Waals surface area (Å²) in [5, 5.41) is 12.2. The van der Waals surface area contributed by atoms with E-state index in [2.05, 4.69) is 48.5 Å². The van der Waals surface area contributed by atoms with Gasteiger partial charge in [0.2, 0.25) is 0 Å². The maximum Gasteiger partial charge on any atom is 0.0836 e. The monoisotopic (exact) mass is 378 g/mol. The molecule has 0 unspecified atom stereocenters. The first-order valence-corrected chi connectivity index (χ1v) is 10.1. The summed E-state index contributed by atoms with van der Waals surface area (Å²) >= 11 is 0. The Morgan fingerprint density at radius 3 is 0.862 bits per heavy atom. The van der Waals surface area contributed by atoms with Crippen LogP contribution in [-0.4, -0.2) is 10.7 Å². The Hall–Kier alpha value is -3.16. The van der Waals surface area contributed by atoms with E-state index in [-0.39, 0.29) is 11.8 Å². The maximum atomic E-state index is 12.2. The van der Waals surface area contributed by atoms with Crippen LogP contribution in [0.3, 0.4) is 0 Å². The molecule has 4 aromatic carbocycles. The molecule has 0 aliphatic carbocycles. The molecule has 144 valence electrons. The van der Waals surface area contributed by atoms with Gasteiger partial charge in [-0.25, -0.2) is 0 Å². The summed E-state index contributed by atoms with van der Waals surface area (Å²) in [6, 6.07) is 41.3. The van der Waals surface area contributed by atoms with Crippen molar-refractivity contribution in [3.8, 4) is 0 Å². The molecule has 0 spiro atoms. The quantitative estimate of drug-likeness (QED) is 0.411. The van der Waals surface area contributed by atoms with E-state index in [9.17, 15) is 5.11 Å². The minimum atomic E-state index is -1.05. The first-order valence-electron chi connectivity index (χ1n) is 10.1. The van der Waals surface area contributed by atoms with Crippen molar-refractivity contribution in [1.82, 2.24) is 0 Å². The van der Waals surface area contributed by atoms with Crippen LogP contribution in [0.5, 0.6) is 0 Å². The second-order valence-corrected chi connectivity index (χ2v) is 7.73. The van der Waals surface area contributed by atoms with Gasteiger partial charge >= 0.3 is 0 Å².